The highest BCUT2D eigenvalue weighted by Crippen LogP contribution is 2.40. The molecule has 0 saturated heterocycles. The molecule has 4 aromatic rings. The SMILES string of the molecule is C1#CCc2ccc3c(-c4ccccc4)c(-c4ccccc4)[nH]c3c2C=C1. The summed E-state index contributed by atoms with van der Waals surface area (Å²) in [6.45, 7) is 0. The van der Waals surface area contributed by atoms with Crippen LogP contribution in [0, 0.1) is 11.8 Å². The molecule has 0 unspecified atom stereocenters. The summed E-state index contributed by atoms with van der Waals surface area (Å²) in [5, 5.41) is 1.25. The van der Waals surface area contributed by atoms with Gasteiger partial charge in [0, 0.05) is 22.9 Å². The largest absolute Gasteiger partial charge is 0.354 e. The first-order valence-corrected chi connectivity index (χ1v) is 8.85. The summed E-state index contributed by atoms with van der Waals surface area (Å²) >= 11 is 0. The van der Waals surface area contributed by atoms with Gasteiger partial charge in [0.15, 0.2) is 0 Å². The van der Waals surface area contributed by atoms with Crippen molar-refractivity contribution in [2.75, 3.05) is 0 Å². The standard InChI is InChI=1S/C25H17N/c1-5-11-19(12-6-1)23-22-17-16-18-10-4-3-9-15-21(18)25(22)26-24(23)20-13-7-2-8-14-20/h1-2,5-9,11-17,26H,10H2. The highest BCUT2D eigenvalue weighted by atomic mass is 14.7. The van der Waals surface area contributed by atoms with Crippen LogP contribution in [0.15, 0.2) is 78.9 Å². The Labute approximate surface area is 153 Å². The predicted octanol–water partition coefficient (Wildman–Crippen LogP) is 6.07. The molecule has 0 aliphatic heterocycles. The van der Waals surface area contributed by atoms with E-state index in [-0.39, 0.29) is 0 Å². The molecule has 0 amide bonds. The van der Waals surface area contributed by atoms with Gasteiger partial charge in [-0.15, -0.1) is 0 Å². The lowest BCUT2D eigenvalue weighted by atomic mass is 9.95. The number of hydrogen-bond acceptors (Lipinski definition) is 0. The zero-order valence-electron chi connectivity index (χ0n) is 14.3. The highest BCUT2D eigenvalue weighted by Gasteiger charge is 2.18. The number of hydrogen-bond donors (Lipinski definition) is 1. The molecular formula is C25H17N. The van der Waals surface area contributed by atoms with E-state index in [2.05, 4.69) is 95.7 Å². The van der Waals surface area contributed by atoms with Gasteiger partial charge in [0.2, 0.25) is 0 Å². The van der Waals surface area contributed by atoms with Gasteiger partial charge in [-0.25, -0.2) is 0 Å². The number of nitrogens with one attached hydrogen (secondary N) is 1. The van der Waals surface area contributed by atoms with Gasteiger partial charge in [0.05, 0.1) is 11.2 Å². The lowest BCUT2D eigenvalue weighted by molar-refractivity contribution is 1.31. The van der Waals surface area contributed by atoms with E-state index in [1.807, 2.05) is 6.08 Å². The van der Waals surface area contributed by atoms with Crippen molar-refractivity contribution in [3.63, 3.8) is 0 Å². The lowest BCUT2D eigenvalue weighted by Gasteiger charge is -2.06. The summed E-state index contributed by atoms with van der Waals surface area (Å²) in [5.41, 5.74) is 8.55. The molecule has 1 nitrogen and oxygen atoms in total. The molecule has 0 atom stereocenters. The summed E-state index contributed by atoms with van der Waals surface area (Å²) in [4.78, 5) is 3.73. The third-order valence-corrected chi connectivity index (χ3v) is 4.94. The van der Waals surface area contributed by atoms with Crippen molar-refractivity contribution in [1.29, 1.82) is 0 Å². The van der Waals surface area contributed by atoms with Crippen LogP contribution in [0.5, 0.6) is 0 Å². The third-order valence-electron chi connectivity index (χ3n) is 4.94. The Bertz CT molecular complexity index is 1180. The molecule has 3 aromatic carbocycles. The molecule has 0 spiro atoms. The summed E-state index contributed by atoms with van der Waals surface area (Å²) in [6.07, 6.45) is 4.88. The van der Waals surface area contributed by atoms with E-state index in [4.69, 9.17) is 0 Å². The molecule has 26 heavy (non-hydrogen) atoms. The van der Waals surface area contributed by atoms with Gasteiger partial charge >= 0.3 is 0 Å². The molecular weight excluding hydrogens is 314 g/mol. The second-order valence-electron chi connectivity index (χ2n) is 6.50. The molecule has 122 valence electrons. The van der Waals surface area contributed by atoms with E-state index in [1.165, 1.54) is 44.4 Å². The van der Waals surface area contributed by atoms with E-state index >= 15 is 0 Å². The monoisotopic (exact) mass is 331 g/mol. The molecule has 1 aromatic heterocycles. The second-order valence-corrected chi connectivity index (χ2v) is 6.50. The van der Waals surface area contributed by atoms with Crippen LogP contribution in [-0.4, -0.2) is 4.98 Å². The summed E-state index contributed by atoms with van der Waals surface area (Å²) in [7, 11) is 0. The first-order valence-electron chi connectivity index (χ1n) is 8.85. The molecule has 0 radical (unpaired) electrons. The predicted molar refractivity (Wildman–Crippen MR) is 110 cm³/mol. The van der Waals surface area contributed by atoms with Crippen LogP contribution in [0.25, 0.3) is 39.4 Å². The first-order chi connectivity index (χ1) is 12.9. The Morgan fingerprint density at radius 3 is 2.27 bits per heavy atom. The normalized spacial score (nSPS) is 12.3. The first kappa shape index (κ1) is 14.8. The Kier molecular flexibility index (Phi) is 3.47. The smallest absolute Gasteiger partial charge is 0.0544 e. The van der Waals surface area contributed by atoms with Crippen LogP contribution in [0.3, 0.4) is 0 Å². The molecule has 0 saturated carbocycles. The quantitative estimate of drug-likeness (QED) is 0.429. The van der Waals surface area contributed by atoms with Gasteiger partial charge in [-0.2, -0.15) is 0 Å². The van der Waals surface area contributed by atoms with Crippen LogP contribution < -0.4 is 0 Å². The number of fused-ring (bicyclic) bond motifs is 3. The molecule has 1 heteroatoms. The second kappa shape index (κ2) is 6.10. The number of rotatable bonds is 2. The number of aromatic amines is 1. The van der Waals surface area contributed by atoms with Crippen molar-refractivity contribution in [2.24, 2.45) is 0 Å². The Balaban J connectivity index is 1.87. The maximum absolute atomic E-state index is 3.73. The molecule has 5 rings (SSSR count). The minimum absolute atomic E-state index is 0.790. The summed E-state index contributed by atoms with van der Waals surface area (Å²) in [5.74, 6) is 6.30. The maximum atomic E-state index is 3.73. The number of H-pyrrole nitrogens is 1. The molecule has 1 aliphatic carbocycles. The molecule has 0 bridgehead atoms. The van der Waals surface area contributed by atoms with Gasteiger partial charge in [-0.1, -0.05) is 84.6 Å². The summed E-state index contributed by atoms with van der Waals surface area (Å²) < 4.78 is 0. The lowest BCUT2D eigenvalue weighted by Crippen LogP contribution is -1.88. The van der Waals surface area contributed by atoms with Crippen LogP contribution in [0.4, 0.5) is 0 Å². The molecule has 1 N–H and O–H groups in total. The van der Waals surface area contributed by atoms with Crippen molar-refractivity contribution in [3.05, 3.63) is 90.0 Å². The van der Waals surface area contributed by atoms with Crippen LogP contribution in [-0.2, 0) is 6.42 Å². The van der Waals surface area contributed by atoms with Crippen molar-refractivity contribution in [2.45, 2.75) is 6.42 Å². The third kappa shape index (κ3) is 2.36. The highest BCUT2D eigenvalue weighted by molar-refractivity contribution is 6.07. The number of aromatic nitrogens is 1. The van der Waals surface area contributed by atoms with E-state index < -0.39 is 0 Å². The van der Waals surface area contributed by atoms with Crippen molar-refractivity contribution in [3.8, 4) is 34.2 Å². The molecule has 1 aliphatic rings. The van der Waals surface area contributed by atoms with Gasteiger partial charge in [0.25, 0.3) is 0 Å². The zero-order valence-corrected chi connectivity index (χ0v) is 14.3. The maximum Gasteiger partial charge on any atom is 0.0544 e. The van der Waals surface area contributed by atoms with Crippen molar-refractivity contribution in [1.82, 2.24) is 4.98 Å². The fourth-order valence-corrected chi connectivity index (χ4v) is 3.73. The van der Waals surface area contributed by atoms with E-state index in [9.17, 15) is 0 Å². The fraction of sp³-hybridized carbons (Fsp3) is 0.0400. The van der Waals surface area contributed by atoms with Crippen molar-refractivity contribution >= 4 is 17.0 Å². The van der Waals surface area contributed by atoms with Gasteiger partial charge in [-0.3, -0.25) is 0 Å². The minimum Gasteiger partial charge on any atom is -0.354 e. The Morgan fingerprint density at radius 1 is 0.769 bits per heavy atom. The topological polar surface area (TPSA) is 15.8 Å². The van der Waals surface area contributed by atoms with Crippen molar-refractivity contribution < 1.29 is 0 Å². The number of benzene rings is 3. The van der Waals surface area contributed by atoms with E-state index in [0.717, 1.165) is 6.42 Å². The average Bonchev–Trinajstić information content (AvgIpc) is 2.93. The molecule has 1 heterocycles. The van der Waals surface area contributed by atoms with Gasteiger partial charge in [0.1, 0.15) is 0 Å². The fourth-order valence-electron chi connectivity index (χ4n) is 3.73. The average molecular weight is 331 g/mol. The molecule has 0 fully saturated rings. The van der Waals surface area contributed by atoms with Gasteiger partial charge < -0.3 is 4.98 Å². The zero-order chi connectivity index (χ0) is 17.3. The van der Waals surface area contributed by atoms with Crippen LogP contribution in [0.1, 0.15) is 11.1 Å². The minimum atomic E-state index is 0.790. The number of allylic oxidation sites excluding steroid dienone is 1. The van der Waals surface area contributed by atoms with E-state index in [1.54, 1.807) is 0 Å². The Hall–Kier alpha value is -3.50. The van der Waals surface area contributed by atoms with Crippen LogP contribution in [0.2, 0.25) is 0 Å². The summed E-state index contributed by atoms with van der Waals surface area (Å²) in [6, 6.07) is 25.6. The Morgan fingerprint density at radius 2 is 1.50 bits per heavy atom. The van der Waals surface area contributed by atoms with Gasteiger partial charge in [-0.05, 0) is 28.8 Å². The van der Waals surface area contributed by atoms with Crippen LogP contribution >= 0.6 is 0 Å². The van der Waals surface area contributed by atoms with E-state index in [0.29, 0.717) is 0 Å².